The number of para-hydroxylation sites is 2. The summed E-state index contributed by atoms with van der Waals surface area (Å²) in [5.74, 6) is 0.0348. The quantitative estimate of drug-likeness (QED) is 0.310. The molecule has 1 amide bonds. The van der Waals surface area contributed by atoms with Gasteiger partial charge in [0.05, 0.1) is 0 Å². The van der Waals surface area contributed by atoms with Crippen LogP contribution in [0.2, 0.25) is 0 Å². The maximum Gasteiger partial charge on any atom is 0.263 e. The first-order chi connectivity index (χ1) is 16.2. The van der Waals surface area contributed by atoms with Crippen molar-refractivity contribution in [1.82, 2.24) is 20.1 Å². The van der Waals surface area contributed by atoms with E-state index in [0.29, 0.717) is 23.9 Å². The molecule has 3 aromatic carbocycles. The molecule has 0 bridgehead atoms. The van der Waals surface area contributed by atoms with E-state index in [1.165, 1.54) is 11.8 Å². The molecule has 0 N–H and O–H groups in total. The molecule has 0 atom stereocenters. The molecule has 7 heteroatoms. The lowest BCUT2D eigenvalue weighted by Crippen LogP contribution is -2.30. The number of oxazole rings is 1. The van der Waals surface area contributed by atoms with E-state index in [0.717, 1.165) is 38.2 Å². The van der Waals surface area contributed by atoms with Gasteiger partial charge in [-0.2, -0.15) is 0 Å². The third kappa shape index (κ3) is 4.07. The van der Waals surface area contributed by atoms with Crippen LogP contribution in [0.3, 0.4) is 0 Å². The minimum atomic E-state index is 0.0348. The van der Waals surface area contributed by atoms with Crippen molar-refractivity contribution in [1.29, 1.82) is 0 Å². The van der Waals surface area contributed by atoms with Crippen molar-refractivity contribution in [2.45, 2.75) is 24.1 Å². The second-order valence-corrected chi connectivity index (χ2v) is 8.44. The van der Waals surface area contributed by atoms with Crippen LogP contribution in [0, 0.1) is 0 Å². The zero-order valence-corrected chi connectivity index (χ0v) is 19.2. The third-order valence-electron chi connectivity index (χ3n) is 5.57. The van der Waals surface area contributed by atoms with E-state index in [9.17, 15) is 4.79 Å². The number of aromatic nitrogens is 3. The van der Waals surface area contributed by atoms with Crippen LogP contribution in [0.1, 0.15) is 24.2 Å². The number of nitrogens with zero attached hydrogens (tertiary/aromatic N) is 4. The van der Waals surface area contributed by atoms with Gasteiger partial charge in [0.1, 0.15) is 16.2 Å². The number of carbonyl (C=O) groups is 1. The Kier molecular flexibility index (Phi) is 5.79. The Hall–Kier alpha value is -3.71. The maximum atomic E-state index is 12.6. The highest BCUT2D eigenvalue weighted by Crippen LogP contribution is 2.35. The largest absolute Gasteiger partial charge is 0.431 e. The van der Waals surface area contributed by atoms with Crippen molar-refractivity contribution < 1.29 is 9.21 Å². The van der Waals surface area contributed by atoms with Gasteiger partial charge in [-0.05, 0) is 49.9 Å². The monoisotopic (exact) mass is 454 g/mol. The summed E-state index contributed by atoms with van der Waals surface area (Å²) < 4.78 is 5.86. The third-order valence-corrected chi connectivity index (χ3v) is 6.41. The molecule has 0 saturated carbocycles. The Balaban J connectivity index is 1.49. The molecule has 0 radical (unpaired) electrons. The second-order valence-electron chi connectivity index (χ2n) is 7.50. The highest BCUT2D eigenvalue weighted by Gasteiger charge is 2.16. The predicted octanol–water partition coefficient (Wildman–Crippen LogP) is 6.07. The number of carbonyl (C=O) groups excluding carboxylic acids is 1. The molecule has 164 valence electrons. The van der Waals surface area contributed by atoms with Crippen LogP contribution in [0.5, 0.6) is 0 Å². The van der Waals surface area contributed by atoms with Gasteiger partial charge in [-0.15, -0.1) is 10.2 Å². The molecule has 2 aromatic heterocycles. The van der Waals surface area contributed by atoms with Crippen LogP contribution in [0.4, 0.5) is 0 Å². The van der Waals surface area contributed by atoms with E-state index in [4.69, 9.17) is 4.42 Å². The summed E-state index contributed by atoms with van der Waals surface area (Å²) >= 11 is 1.36. The number of rotatable bonds is 6. The van der Waals surface area contributed by atoms with Gasteiger partial charge in [-0.1, -0.05) is 48.5 Å². The summed E-state index contributed by atoms with van der Waals surface area (Å²) in [6.45, 7) is 5.34. The minimum Gasteiger partial charge on any atom is -0.431 e. The zero-order valence-electron chi connectivity index (χ0n) is 18.4. The van der Waals surface area contributed by atoms with Gasteiger partial charge in [0, 0.05) is 35.0 Å². The molecule has 0 aliphatic carbocycles. The van der Waals surface area contributed by atoms with E-state index in [-0.39, 0.29) is 5.91 Å². The first kappa shape index (κ1) is 21.2. The molecule has 2 heterocycles. The fourth-order valence-corrected chi connectivity index (χ4v) is 4.62. The maximum absolute atomic E-state index is 12.6. The molecular formula is C26H22N4O2S. The van der Waals surface area contributed by atoms with Crippen LogP contribution in [0.25, 0.3) is 33.1 Å². The average Bonchev–Trinajstić information content (AvgIpc) is 3.27. The first-order valence-electron chi connectivity index (χ1n) is 10.9. The van der Waals surface area contributed by atoms with Crippen LogP contribution in [-0.4, -0.2) is 39.1 Å². The fraction of sp³-hybridized carbons (Fsp3) is 0.154. The normalized spacial score (nSPS) is 11.2. The van der Waals surface area contributed by atoms with Gasteiger partial charge in [0.15, 0.2) is 5.58 Å². The van der Waals surface area contributed by atoms with Crippen molar-refractivity contribution in [2.75, 3.05) is 13.1 Å². The lowest BCUT2D eigenvalue weighted by molar-refractivity contribution is 0.0773. The van der Waals surface area contributed by atoms with E-state index >= 15 is 0 Å². The first-order valence-corrected chi connectivity index (χ1v) is 11.7. The van der Waals surface area contributed by atoms with Crippen LogP contribution in [-0.2, 0) is 0 Å². The molecule has 0 aliphatic heterocycles. The highest BCUT2D eigenvalue weighted by atomic mass is 32.2. The number of hydrogen-bond donors (Lipinski definition) is 0. The highest BCUT2D eigenvalue weighted by molar-refractivity contribution is 7.99. The summed E-state index contributed by atoms with van der Waals surface area (Å²) in [5.41, 5.74) is 3.91. The van der Waals surface area contributed by atoms with E-state index in [1.807, 2.05) is 91.5 Å². The summed E-state index contributed by atoms with van der Waals surface area (Å²) in [4.78, 5) is 19.0. The summed E-state index contributed by atoms with van der Waals surface area (Å²) in [5, 5.41) is 12.2. The molecule has 5 aromatic rings. The van der Waals surface area contributed by atoms with E-state index in [2.05, 4.69) is 15.2 Å². The lowest BCUT2D eigenvalue weighted by Gasteiger charge is -2.18. The second kappa shape index (κ2) is 9.03. The van der Waals surface area contributed by atoms with Crippen LogP contribution < -0.4 is 0 Å². The van der Waals surface area contributed by atoms with Gasteiger partial charge in [-0.3, -0.25) is 4.79 Å². The van der Waals surface area contributed by atoms with E-state index < -0.39 is 0 Å². The average molecular weight is 455 g/mol. The van der Waals surface area contributed by atoms with Crippen molar-refractivity contribution in [2.24, 2.45) is 0 Å². The molecule has 0 aliphatic rings. The minimum absolute atomic E-state index is 0.0348. The molecular weight excluding hydrogens is 432 g/mol. The molecule has 0 spiro atoms. The smallest absolute Gasteiger partial charge is 0.263 e. The van der Waals surface area contributed by atoms with Gasteiger partial charge in [0.25, 0.3) is 11.1 Å². The molecule has 6 nitrogen and oxygen atoms in total. The van der Waals surface area contributed by atoms with Crippen molar-refractivity contribution in [3.05, 3.63) is 78.4 Å². The molecule has 0 fully saturated rings. The van der Waals surface area contributed by atoms with Gasteiger partial charge in [0.2, 0.25) is 0 Å². The Morgan fingerprint density at radius 1 is 0.879 bits per heavy atom. The zero-order chi connectivity index (χ0) is 22.8. The standard InChI is InChI=1S/C26H22N4O2S/c1-3-30(4-2)25(31)18-15-13-17(14-16-18)23-19-9-5-6-10-20(19)24(29-28-23)33-26-27-21-11-7-8-12-22(21)32-26/h5-16H,3-4H2,1-2H3. The molecule has 0 saturated heterocycles. The van der Waals surface area contributed by atoms with Gasteiger partial charge in [-0.25, -0.2) is 4.98 Å². The number of hydrogen-bond acceptors (Lipinski definition) is 6. The van der Waals surface area contributed by atoms with Crippen molar-refractivity contribution >= 4 is 39.5 Å². The topological polar surface area (TPSA) is 72.1 Å². The van der Waals surface area contributed by atoms with Crippen molar-refractivity contribution in [3.63, 3.8) is 0 Å². The summed E-state index contributed by atoms with van der Waals surface area (Å²) in [7, 11) is 0. The van der Waals surface area contributed by atoms with Gasteiger partial charge < -0.3 is 9.32 Å². The van der Waals surface area contributed by atoms with E-state index in [1.54, 1.807) is 0 Å². The van der Waals surface area contributed by atoms with Crippen molar-refractivity contribution in [3.8, 4) is 11.3 Å². The SMILES string of the molecule is CCN(CC)C(=O)c1ccc(-c2nnc(Sc3nc4ccccc4o3)c3ccccc23)cc1. The number of benzene rings is 3. The Morgan fingerprint density at radius 2 is 1.58 bits per heavy atom. The number of fused-ring (bicyclic) bond motifs is 2. The fourth-order valence-electron chi connectivity index (χ4n) is 3.81. The van der Waals surface area contributed by atoms with Gasteiger partial charge >= 0.3 is 0 Å². The molecule has 5 rings (SSSR count). The lowest BCUT2D eigenvalue weighted by atomic mass is 10.0. The summed E-state index contributed by atoms with van der Waals surface area (Å²) in [6, 6.07) is 23.3. The molecule has 33 heavy (non-hydrogen) atoms. The number of amides is 1. The molecule has 0 unspecified atom stereocenters. The Bertz CT molecular complexity index is 1410. The predicted molar refractivity (Wildman–Crippen MR) is 130 cm³/mol. The Morgan fingerprint density at radius 3 is 2.30 bits per heavy atom. The summed E-state index contributed by atoms with van der Waals surface area (Å²) in [6.07, 6.45) is 0. The van der Waals surface area contributed by atoms with Crippen LogP contribution in [0.15, 0.2) is 87.5 Å². The van der Waals surface area contributed by atoms with Crippen LogP contribution >= 0.6 is 11.8 Å². The Labute approximate surface area is 195 Å².